The van der Waals surface area contributed by atoms with Gasteiger partial charge in [0.25, 0.3) is 0 Å². The standard InChI is InChI=1S/C21H16ClNO2S/c1-12(24)8-16-9-14(6-7-23-16)20-11-18-17(10-19(25)21(18)26-20)13-2-4-15(22)5-3-13/h2-7,9,11,17H,8,10H2,1H3. The van der Waals surface area contributed by atoms with Crippen LogP contribution in [0.4, 0.5) is 0 Å². The lowest BCUT2D eigenvalue weighted by Crippen LogP contribution is -1.99. The third kappa shape index (κ3) is 3.22. The first-order chi connectivity index (χ1) is 12.5. The van der Waals surface area contributed by atoms with E-state index < -0.39 is 0 Å². The number of carbonyl (C=O) groups is 2. The number of rotatable bonds is 4. The lowest BCUT2D eigenvalue weighted by molar-refractivity contribution is -0.116. The smallest absolute Gasteiger partial charge is 0.174 e. The van der Waals surface area contributed by atoms with E-state index in [9.17, 15) is 9.59 Å². The van der Waals surface area contributed by atoms with Crippen molar-refractivity contribution in [1.82, 2.24) is 4.98 Å². The number of hydrogen-bond donors (Lipinski definition) is 0. The van der Waals surface area contributed by atoms with E-state index in [1.54, 1.807) is 13.1 Å². The maximum Gasteiger partial charge on any atom is 0.174 e. The normalized spacial score (nSPS) is 15.9. The van der Waals surface area contributed by atoms with E-state index in [1.165, 1.54) is 11.3 Å². The van der Waals surface area contributed by atoms with Crippen LogP contribution in [0.5, 0.6) is 0 Å². The number of nitrogens with zero attached hydrogens (tertiary/aromatic N) is 1. The van der Waals surface area contributed by atoms with Gasteiger partial charge in [0.05, 0.1) is 4.88 Å². The number of thiophene rings is 1. The summed E-state index contributed by atoms with van der Waals surface area (Å²) >= 11 is 7.51. The molecule has 130 valence electrons. The zero-order chi connectivity index (χ0) is 18.3. The summed E-state index contributed by atoms with van der Waals surface area (Å²) in [4.78, 5) is 30.0. The Kier molecular flexibility index (Phi) is 4.47. The second-order valence-corrected chi connectivity index (χ2v) is 8.03. The van der Waals surface area contributed by atoms with E-state index in [0.717, 1.165) is 32.1 Å². The van der Waals surface area contributed by atoms with E-state index in [-0.39, 0.29) is 17.5 Å². The highest BCUT2D eigenvalue weighted by Gasteiger charge is 2.33. The topological polar surface area (TPSA) is 47.0 Å². The van der Waals surface area contributed by atoms with Gasteiger partial charge in [0.15, 0.2) is 5.78 Å². The zero-order valence-electron chi connectivity index (χ0n) is 14.2. The van der Waals surface area contributed by atoms with Crippen molar-refractivity contribution in [2.75, 3.05) is 0 Å². The molecule has 0 saturated heterocycles. The Morgan fingerprint density at radius 3 is 2.73 bits per heavy atom. The summed E-state index contributed by atoms with van der Waals surface area (Å²) in [6.45, 7) is 1.56. The zero-order valence-corrected chi connectivity index (χ0v) is 15.7. The second-order valence-electron chi connectivity index (χ2n) is 6.54. The first kappa shape index (κ1) is 17.1. The number of benzene rings is 1. The Hall–Kier alpha value is -2.30. The average molecular weight is 382 g/mol. The van der Waals surface area contributed by atoms with Crippen molar-refractivity contribution in [1.29, 1.82) is 0 Å². The third-order valence-corrected chi connectivity index (χ3v) is 6.08. The fourth-order valence-corrected chi connectivity index (χ4v) is 4.68. The van der Waals surface area contributed by atoms with Crippen molar-refractivity contribution < 1.29 is 9.59 Å². The fraction of sp³-hybridized carbons (Fsp3) is 0.190. The van der Waals surface area contributed by atoms with Gasteiger partial charge in [-0.3, -0.25) is 14.6 Å². The summed E-state index contributed by atoms with van der Waals surface area (Å²) in [6, 6.07) is 13.7. The first-order valence-electron chi connectivity index (χ1n) is 8.38. The number of aromatic nitrogens is 1. The fourth-order valence-electron chi connectivity index (χ4n) is 3.39. The summed E-state index contributed by atoms with van der Waals surface area (Å²) in [5.74, 6) is 0.355. The molecular weight excluding hydrogens is 366 g/mol. The van der Waals surface area contributed by atoms with Crippen molar-refractivity contribution in [2.45, 2.75) is 25.7 Å². The van der Waals surface area contributed by atoms with E-state index >= 15 is 0 Å². The number of carbonyl (C=O) groups excluding carboxylic acids is 2. The molecule has 3 nitrogen and oxygen atoms in total. The highest BCUT2D eigenvalue weighted by Crippen LogP contribution is 2.45. The van der Waals surface area contributed by atoms with Gasteiger partial charge in [-0.15, -0.1) is 11.3 Å². The van der Waals surface area contributed by atoms with E-state index in [4.69, 9.17) is 11.6 Å². The van der Waals surface area contributed by atoms with Crippen LogP contribution < -0.4 is 0 Å². The van der Waals surface area contributed by atoms with Crippen LogP contribution in [0.1, 0.15) is 45.8 Å². The summed E-state index contributed by atoms with van der Waals surface area (Å²) < 4.78 is 0. The second kappa shape index (κ2) is 6.78. The number of Topliss-reactive ketones (excluding diaryl/α,β-unsaturated/α-hetero) is 2. The van der Waals surface area contributed by atoms with Gasteiger partial charge in [-0.05, 0) is 53.9 Å². The van der Waals surface area contributed by atoms with E-state index in [1.807, 2.05) is 36.4 Å². The summed E-state index contributed by atoms with van der Waals surface area (Å²) in [5, 5.41) is 0.694. The summed E-state index contributed by atoms with van der Waals surface area (Å²) in [5.41, 5.74) is 3.95. The Balaban J connectivity index is 1.71. The predicted octanol–water partition coefficient (Wildman–Crippen LogP) is 5.31. The molecule has 0 N–H and O–H groups in total. The molecule has 0 radical (unpaired) electrons. The number of hydrogen-bond acceptors (Lipinski definition) is 4. The molecule has 3 aromatic rings. The van der Waals surface area contributed by atoms with Gasteiger partial charge in [-0.1, -0.05) is 23.7 Å². The van der Waals surface area contributed by atoms with Gasteiger partial charge in [0.1, 0.15) is 5.78 Å². The summed E-state index contributed by atoms with van der Waals surface area (Å²) in [6.07, 6.45) is 2.55. The van der Waals surface area contributed by atoms with E-state index in [2.05, 4.69) is 11.1 Å². The average Bonchev–Trinajstić information content (AvgIpc) is 3.16. The lowest BCUT2D eigenvalue weighted by Gasteiger charge is -2.10. The van der Waals surface area contributed by atoms with Crippen molar-refractivity contribution in [3.63, 3.8) is 0 Å². The van der Waals surface area contributed by atoms with Gasteiger partial charge in [-0.2, -0.15) is 0 Å². The molecule has 1 aliphatic carbocycles. The Bertz CT molecular complexity index is 1010. The molecule has 0 amide bonds. The maximum atomic E-state index is 12.5. The molecule has 0 bridgehead atoms. The molecule has 5 heteroatoms. The molecule has 1 aliphatic rings. The van der Waals surface area contributed by atoms with Gasteiger partial charge in [0.2, 0.25) is 0 Å². The molecule has 1 unspecified atom stereocenters. The molecule has 2 aromatic heterocycles. The van der Waals surface area contributed by atoms with Crippen molar-refractivity contribution in [2.24, 2.45) is 0 Å². The van der Waals surface area contributed by atoms with Gasteiger partial charge >= 0.3 is 0 Å². The van der Waals surface area contributed by atoms with Crippen molar-refractivity contribution in [3.05, 3.63) is 75.4 Å². The Morgan fingerprint density at radius 2 is 2.00 bits per heavy atom. The Labute approximate surface area is 160 Å². The van der Waals surface area contributed by atoms with Crippen LogP contribution in [0.15, 0.2) is 48.7 Å². The molecule has 0 aliphatic heterocycles. The maximum absolute atomic E-state index is 12.5. The van der Waals surface area contributed by atoms with Gasteiger partial charge < -0.3 is 0 Å². The largest absolute Gasteiger partial charge is 0.300 e. The van der Waals surface area contributed by atoms with Gasteiger partial charge in [-0.25, -0.2) is 0 Å². The van der Waals surface area contributed by atoms with Crippen LogP contribution in [-0.4, -0.2) is 16.6 Å². The monoisotopic (exact) mass is 381 g/mol. The minimum absolute atomic E-state index is 0.0818. The van der Waals surface area contributed by atoms with Crippen LogP contribution >= 0.6 is 22.9 Å². The quantitative estimate of drug-likeness (QED) is 0.615. The molecular formula is C21H16ClNO2S. The molecule has 0 spiro atoms. The SMILES string of the molecule is CC(=O)Cc1cc(-c2cc3c(s2)C(=O)CC3c2ccc(Cl)cc2)ccn1. The predicted molar refractivity (Wildman–Crippen MR) is 104 cm³/mol. The molecule has 1 aromatic carbocycles. The molecule has 1 atom stereocenters. The highest BCUT2D eigenvalue weighted by molar-refractivity contribution is 7.17. The molecule has 0 fully saturated rings. The van der Waals surface area contributed by atoms with Crippen molar-refractivity contribution >= 4 is 34.5 Å². The van der Waals surface area contributed by atoms with Crippen LogP contribution in [-0.2, 0) is 11.2 Å². The molecule has 26 heavy (non-hydrogen) atoms. The number of halogens is 1. The van der Waals surface area contributed by atoms with Crippen LogP contribution in [0.25, 0.3) is 10.4 Å². The highest BCUT2D eigenvalue weighted by atomic mass is 35.5. The molecule has 4 rings (SSSR count). The molecule has 2 heterocycles. The number of pyridine rings is 1. The van der Waals surface area contributed by atoms with Crippen molar-refractivity contribution in [3.8, 4) is 10.4 Å². The van der Waals surface area contributed by atoms with Crippen LogP contribution in [0, 0.1) is 0 Å². The number of fused-ring (bicyclic) bond motifs is 1. The lowest BCUT2D eigenvalue weighted by atomic mass is 9.94. The van der Waals surface area contributed by atoms with Crippen LogP contribution in [0.3, 0.4) is 0 Å². The summed E-state index contributed by atoms with van der Waals surface area (Å²) in [7, 11) is 0. The Morgan fingerprint density at radius 1 is 1.23 bits per heavy atom. The first-order valence-corrected chi connectivity index (χ1v) is 9.58. The third-order valence-electron chi connectivity index (χ3n) is 4.58. The van der Waals surface area contributed by atoms with Crippen LogP contribution in [0.2, 0.25) is 5.02 Å². The minimum atomic E-state index is 0.0818. The minimum Gasteiger partial charge on any atom is -0.300 e. The number of ketones is 2. The molecule has 0 saturated carbocycles. The van der Waals surface area contributed by atoms with E-state index in [0.29, 0.717) is 17.9 Å². The van der Waals surface area contributed by atoms with Gasteiger partial charge in [0, 0.05) is 40.6 Å².